The van der Waals surface area contributed by atoms with Crippen LogP contribution in [-0.4, -0.2) is 36.2 Å². The molecule has 1 saturated carbocycles. The fraction of sp³-hybridized carbons (Fsp3) is 0.562. The third-order valence-corrected chi connectivity index (χ3v) is 5.22. The second kappa shape index (κ2) is 5.81. The van der Waals surface area contributed by atoms with E-state index in [0.29, 0.717) is 24.3 Å². The van der Waals surface area contributed by atoms with E-state index < -0.39 is 10.3 Å². The summed E-state index contributed by atoms with van der Waals surface area (Å²) in [7, 11) is 1.39. The molecule has 7 heteroatoms. The number of nitro groups is 1. The first-order chi connectivity index (χ1) is 11.0. The minimum atomic E-state index is -0.558. The van der Waals surface area contributed by atoms with Crippen molar-refractivity contribution in [3.05, 3.63) is 33.9 Å². The molecule has 2 fully saturated rings. The molecule has 7 nitrogen and oxygen atoms in total. The molecule has 0 spiro atoms. The van der Waals surface area contributed by atoms with Gasteiger partial charge in [-0.2, -0.15) is 0 Å². The molecule has 1 aromatic carbocycles. The topological polar surface area (TPSA) is 92.9 Å². The van der Waals surface area contributed by atoms with Crippen molar-refractivity contribution in [1.82, 2.24) is 0 Å². The van der Waals surface area contributed by atoms with Gasteiger partial charge in [0.15, 0.2) is 0 Å². The van der Waals surface area contributed by atoms with Crippen molar-refractivity contribution in [3.63, 3.8) is 0 Å². The Morgan fingerprint density at radius 2 is 2.35 bits per heavy atom. The molecule has 124 valence electrons. The number of anilines is 1. The largest absolute Gasteiger partial charge is 0.469 e. The highest BCUT2D eigenvalue weighted by molar-refractivity contribution is 5.80. The number of carbonyl (C=O) groups excluding carboxylic acids is 1. The van der Waals surface area contributed by atoms with Gasteiger partial charge in [-0.1, -0.05) is 6.42 Å². The smallest absolute Gasteiger partial charge is 0.313 e. The predicted octanol–water partition coefficient (Wildman–Crippen LogP) is 1.87. The third kappa shape index (κ3) is 2.45. The van der Waals surface area contributed by atoms with Crippen LogP contribution in [0.15, 0.2) is 18.2 Å². The van der Waals surface area contributed by atoms with Crippen molar-refractivity contribution in [2.45, 2.75) is 25.9 Å². The van der Waals surface area contributed by atoms with Gasteiger partial charge in [0.25, 0.3) is 5.69 Å². The van der Waals surface area contributed by atoms with Crippen molar-refractivity contribution in [3.8, 4) is 0 Å². The molecule has 1 aliphatic carbocycles. The van der Waals surface area contributed by atoms with Crippen LogP contribution in [0.5, 0.6) is 0 Å². The number of benzene rings is 1. The van der Waals surface area contributed by atoms with Gasteiger partial charge in [-0.15, -0.1) is 0 Å². The van der Waals surface area contributed by atoms with E-state index in [9.17, 15) is 20.0 Å². The Morgan fingerprint density at radius 1 is 1.57 bits per heavy atom. The number of carbonyl (C=O) groups is 1. The van der Waals surface area contributed by atoms with Crippen molar-refractivity contribution in [2.75, 3.05) is 25.1 Å². The first kappa shape index (κ1) is 15.7. The molecule has 0 aromatic heterocycles. The monoisotopic (exact) mass is 320 g/mol. The molecule has 0 amide bonds. The van der Waals surface area contributed by atoms with Crippen LogP contribution in [0.3, 0.4) is 0 Å². The van der Waals surface area contributed by atoms with Crippen LogP contribution in [0, 0.1) is 21.4 Å². The van der Waals surface area contributed by atoms with Crippen molar-refractivity contribution in [1.29, 1.82) is 0 Å². The maximum Gasteiger partial charge on any atom is 0.313 e. The molecule has 0 bridgehead atoms. The molecule has 1 aromatic rings. The molecule has 2 unspecified atom stereocenters. The average molecular weight is 320 g/mol. The van der Waals surface area contributed by atoms with E-state index in [4.69, 9.17) is 4.74 Å². The zero-order chi connectivity index (χ0) is 16.6. The molecule has 1 N–H and O–H groups in total. The highest BCUT2D eigenvalue weighted by Crippen LogP contribution is 2.51. The Kier molecular flexibility index (Phi) is 3.97. The molecule has 3 rings (SSSR count). The number of methoxy groups -OCH3 is 1. The third-order valence-electron chi connectivity index (χ3n) is 5.22. The molecule has 1 aliphatic heterocycles. The van der Waals surface area contributed by atoms with Crippen molar-refractivity contribution >= 4 is 17.3 Å². The highest BCUT2D eigenvalue weighted by Gasteiger charge is 2.56. The predicted molar refractivity (Wildman–Crippen MR) is 83.0 cm³/mol. The number of hydrogen-bond donors (Lipinski definition) is 1. The summed E-state index contributed by atoms with van der Waals surface area (Å²) in [6.07, 6.45) is 2.67. The molecule has 0 radical (unpaired) electrons. The summed E-state index contributed by atoms with van der Waals surface area (Å²) in [5, 5.41) is 20.6. The summed E-state index contributed by atoms with van der Waals surface area (Å²) in [6, 6.07) is 4.61. The molecular formula is C16H20N2O5. The molecule has 2 atom stereocenters. The van der Waals surface area contributed by atoms with Crippen LogP contribution in [0.2, 0.25) is 0 Å². The Morgan fingerprint density at radius 3 is 3.00 bits per heavy atom. The van der Waals surface area contributed by atoms with Gasteiger partial charge in [-0.3, -0.25) is 14.9 Å². The van der Waals surface area contributed by atoms with Crippen LogP contribution in [0.1, 0.15) is 24.8 Å². The minimum Gasteiger partial charge on any atom is -0.469 e. The zero-order valence-electron chi connectivity index (χ0n) is 13.0. The van der Waals surface area contributed by atoms with Crippen LogP contribution >= 0.6 is 0 Å². The fourth-order valence-electron chi connectivity index (χ4n) is 4.08. The number of aliphatic hydroxyl groups excluding tert-OH is 1. The average Bonchev–Trinajstić information content (AvgIpc) is 3.11. The molecule has 1 saturated heterocycles. The lowest BCUT2D eigenvalue weighted by Gasteiger charge is -2.26. The van der Waals surface area contributed by atoms with Crippen LogP contribution in [0.25, 0.3) is 0 Å². The second-order valence-corrected chi connectivity index (χ2v) is 6.36. The summed E-state index contributed by atoms with van der Waals surface area (Å²) >= 11 is 0. The number of hydrogen-bond acceptors (Lipinski definition) is 6. The van der Waals surface area contributed by atoms with E-state index in [1.165, 1.54) is 13.2 Å². The number of nitro benzene ring substituents is 1. The van der Waals surface area contributed by atoms with Crippen LogP contribution in [-0.2, 0) is 16.1 Å². The first-order valence-electron chi connectivity index (χ1n) is 7.73. The maximum atomic E-state index is 12.3. The summed E-state index contributed by atoms with van der Waals surface area (Å²) < 4.78 is 5.01. The SMILES string of the molecule is COC(=O)C12CCCC1CN(c1cc(CO)ccc1[N+](=O)[O-])C2. The Balaban J connectivity index is 1.98. The number of ether oxygens (including phenoxy) is 1. The van der Waals surface area contributed by atoms with Gasteiger partial charge in [-0.25, -0.2) is 0 Å². The van der Waals surface area contributed by atoms with Crippen LogP contribution in [0.4, 0.5) is 11.4 Å². The quantitative estimate of drug-likeness (QED) is 0.517. The fourth-order valence-corrected chi connectivity index (χ4v) is 4.08. The molecular weight excluding hydrogens is 300 g/mol. The normalized spacial score (nSPS) is 26.2. The summed E-state index contributed by atoms with van der Waals surface area (Å²) in [5.41, 5.74) is 0.536. The van der Waals surface area contributed by atoms with Gasteiger partial charge in [0.05, 0.1) is 24.1 Å². The van der Waals surface area contributed by atoms with E-state index in [-0.39, 0.29) is 24.2 Å². The summed E-state index contributed by atoms with van der Waals surface area (Å²) in [5.74, 6) is -0.0594. The van der Waals surface area contributed by atoms with Gasteiger partial charge < -0.3 is 14.7 Å². The summed E-state index contributed by atoms with van der Waals surface area (Å²) in [4.78, 5) is 25.1. The lowest BCUT2D eigenvalue weighted by Crippen LogP contribution is -2.37. The maximum absolute atomic E-state index is 12.3. The summed E-state index contributed by atoms with van der Waals surface area (Å²) in [6.45, 7) is 0.856. The number of fused-ring (bicyclic) bond motifs is 1. The van der Waals surface area contributed by atoms with Gasteiger partial charge in [-0.05, 0) is 36.5 Å². The Labute approximate surface area is 134 Å². The minimum absolute atomic E-state index is 0.00203. The van der Waals surface area contributed by atoms with Crippen LogP contribution < -0.4 is 4.90 Å². The molecule has 23 heavy (non-hydrogen) atoms. The Bertz CT molecular complexity index is 647. The highest BCUT2D eigenvalue weighted by atomic mass is 16.6. The lowest BCUT2D eigenvalue weighted by atomic mass is 9.81. The van der Waals surface area contributed by atoms with Crippen molar-refractivity contribution in [2.24, 2.45) is 11.3 Å². The molecule has 2 aliphatic rings. The number of aliphatic hydroxyl groups is 1. The Hall–Kier alpha value is -2.15. The van der Waals surface area contributed by atoms with E-state index in [1.54, 1.807) is 12.1 Å². The van der Waals surface area contributed by atoms with Gasteiger partial charge in [0, 0.05) is 19.2 Å². The van der Waals surface area contributed by atoms with E-state index in [2.05, 4.69) is 0 Å². The zero-order valence-corrected chi connectivity index (χ0v) is 13.0. The molecule has 1 heterocycles. The van der Waals surface area contributed by atoms with E-state index >= 15 is 0 Å². The number of rotatable bonds is 4. The van der Waals surface area contributed by atoms with Gasteiger partial charge in [0.2, 0.25) is 0 Å². The lowest BCUT2D eigenvalue weighted by molar-refractivity contribution is -0.384. The number of esters is 1. The van der Waals surface area contributed by atoms with E-state index in [1.807, 2.05) is 4.90 Å². The van der Waals surface area contributed by atoms with Gasteiger partial charge >= 0.3 is 5.97 Å². The van der Waals surface area contributed by atoms with Crippen molar-refractivity contribution < 1.29 is 19.6 Å². The second-order valence-electron chi connectivity index (χ2n) is 6.36. The first-order valence-corrected chi connectivity index (χ1v) is 7.73. The van der Waals surface area contributed by atoms with E-state index in [0.717, 1.165) is 19.3 Å². The van der Waals surface area contributed by atoms with Gasteiger partial charge in [0.1, 0.15) is 5.69 Å². The number of nitrogens with zero attached hydrogens (tertiary/aromatic N) is 2. The standard InChI is InChI=1S/C16H20N2O5/c1-23-15(20)16-6-2-3-12(16)8-17(10-16)14-7-11(9-19)4-5-13(14)18(21)22/h4-5,7,12,19H,2-3,6,8-10H2,1H3.